The summed E-state index contributed by atoms with van der Waals surface area (Å²) in [6.45, 7) is -1.14. The molecule has 0 aliphatic heterocycles. The number of rotatable bonds is 2. The van der Waals surface area contributed by atoms with E-state index in [2.05, 4.69) is 0 Å². The third-order valence-electron chi connectivity index (χ3n) is 0.620. The standard InChI is InChI=1S/C4H5ClF4/c5-3(2-6)1-4(7,8)9/h3H,1-2H2. The molecule has 0 aromatic rings. The molecule has 0 nitrogen and oxygen atoms in total. The van der Waals surface area contributed by atoms with Gasteiger partial charge in [-0.3, -0.25) is 0 Å². The fraction of sp³-hybridized carbons (Fsp3) is 1.00. The van der Waals surface area contributed by atoms with Gasteiger partial charge in [0, 0.05) is 0 Å². The van der Waals surface area contributed by atoms with Crippen molar-refractivity contribution in [3.63, 3.8) is 0 Å². The van der Waals surface area contributed by atoms with Gasteiger partial charge in [0.05, 0.1) is 11.8 Å². The molecule has 0 N–H and O–H groups in total. The number of hydrogen-bond donors (Lipinski definition) is 0. The van der Waals surface area contributed by atoms with E-state index in [1.54, 1.807) is 0 Å². The summed E-state index contributed by atoms with van der Waals surface area (Å²) in [6, 6.07) is 0. The summed E-state index contributed by atoms with van der Waals surface area (Å²) in [7, 11) is 0. The third-order valence-corrected chi connectivity index (χ3v) is 0.891. The van der Waals surface area contributed by atoms with Crippen LogP contribution in [-0.2, 0) is 0 Å². The van der Waals surface area contributed by atoms with Crippen LogP contribution in [-0.4, -0.2) is 18.2 Å². The minimum Gasteiger partial charge on any atom is -0.249 e. The molecule has 0 radical (unpaired) electrons. The van der Waals surface area contributed by atoms with Crippen LogP contribution in [0.1, 0.15) is 6.42 Å². The smallest absolute Gasteiger partial charge is 0.249 e. The third kappa shape index (κ3) is 5.89. The molecule has 0 fully saturated rings. The second-order valence-corrected chi connectivity index (χ2v) is 2.19. The average Bonchev–Trinajstić information content (AvgIpc) is 1.62. The molecule has 5 heteroatoms. The first-order valence-electron chi connectivity index (χ1n) is 2.22. The van der Waals surface area contributed by atoms with E-state index in [-0.39, 0.29) is 0 Å². The van der Waals surface area contributed by atoms with Gasteiger partial charge < -0.3 is 0 Å². The largest absolute Gasteiger partial charge is 0.390 e. The van der Waals surface area contributed by atoms with Gasteiger partial charge in [0.2, 0.25) is 0 Å². The highest BCUT2D eigenvalue weighted by Gasteiger charge is 2.30. The van der Waals surface area contributed by atoms with E-state index in [4.69, 9.17) is 11.6 Å². The second kappa shape index (κ2) is 3.25. The van der Waals surface area contributed by atoms with Gasteiger partial charge in [0.25, 0.3) is 0 Å². The van der Waals surface area contributed by atoms with E-state index in [9.17, 15) is 17.6 Å². The Hall–Kier alpha value is 0.01000. The van der Waals surface area contributed by atoms with Gasteiger partial charge in [0.1, 0.15) is 6.67 Å². The van der Waals surface area contributed by atoms with Crippen molar-refractivity contribution < 1.29 is 17.6 Å². The minimum atomic E-state index is -4.35. The number of hydrogen-bond acceptors (Lipinski definition) is 0. The molecular formula is C4H5ClF4. The lowest BCUT2D eigenvalue weighted by Gasteiger charge is -2.07. The Labute approximate surface area is 54.8 Å². The molecule has 0 bridgehead atoms. The summed E-state index contributed by atoms with van der Waals surface area (Å²) in [5, 5.41) is -1.43. The van der Waals surface area contributed by atoms with Gasteiger partial charge in [-0.05, 0) is 0 Å². The molecule has 1 atom stereocenters. The first-order chi connectivity index (χ1) is 3.95. The van der Waals surface area contributed by atoms with Crippen LogP contribution in [0, 0.1) is 0 Å². The molecule has 0 amide bonds. The molecule has 0 aliphatic rings. The van der Waals surface area contributed by atoms with Crippen molar-refractivity contribution in [1.82, 2.24) is 0 Å². The van der Waals surface area contributed by atoms with Crippen LogP contribution < -0.4 is 0 Å². The Kier molecular flexibility index (Phi) is 3.25. The molecule has 0 aliphatic carbocycles. The lowest BCUT2D eigenvalue weighted by atomic mass is 10.3. The monoisotopic (exact) mass is 164 g/mol. The van der Waals surface area contributed by atoms with Gasteiger partial charge in [-0.25, -0.2) is 4.39 Å². The molecule has 0 spiro atoms. The van der Waals surface area contributed by atoms with Crippen LogP contribution in [0.5, 0.6) is 0 Å². The molecule has 0 aromatic carbocycles. The zero-order valence-corrected chi connectivity index (χ0v) is 5.14. The van der Waals surface area contributed by atoms with Crippen LogP contribution >= 0.6 is 11.6 Å². The molecule has 0 rings (SSSR count). The van der Waals surface area contributed by atoms with Crippen molar-refractivity contribution in [2.75, 3.05) is 6.67 Å². The van der Waals surface area contributed by atoms with Gasteiger partial charge >= 0.3 is 6.18 Å². The lowest BCUT2D eigenvalue weighted by molar-refractivity contribution is -0.135. The fourth-order valence-electron chi connectivity index (χ4n) is 0.306. The van der Waals surface area contributed by atoms with E-state index >= 15 is 0 Å². The van der Waals surface area contributed by atoms with Crippen molar-refractivity contribution in [3.8, 4) is 0 Å². The molecule has 56 valence electrons. The van der Waals surface area contributed by atoms with E-state index < -0.39 is 24.6 Å². The highest BCUT2D eigenvalue weighted by atomic mass is 35.5. The second-order valence-electron chi connectivity index (χ2n) is 1.57. The molecule has 9 heavy (non-hydrogen) atoms. The topological polar surface area (TPSA) is 0 Å². The zero-order valence-electron chi connectivity index (χ0n) is 4.38. The maximum absolute atomic E-state index is 11.3. The first-order valence-corrected chi connectivity index (χ1v) is 2.66. The van der Waals surface area contributed by atoms with Crippen molar-refractivity contribution in [2.45, 2.75) is 18.0 Å². The Morgan fingerprint density at radius 3 is 1.89 bits per heavy atom. The maximum atomic E-state index is 11.3. The highest BCUT2D eigenvalue weighted by Crippen LogP contribution is 2.23. The highest BCUT2D eigenvalue weighted by molar-refractivity contribution is 6.20. The molecule has 0 heterocycles. The van der Waals surface area contributed by atoms with Gasteiger partial charge in [-0.2, -0.15) is 13.2 Å². The summed E-state index contributed by atoms with van der Waals surface area (Å²) < 4.78 is 45.0. The van der Waals surface area contributed by atoms with Gasteiger partial charge in [-0.1, -0.05) is 0 Å². The van der Waals surface area contributed by atoms with Crippen LogP contribution in [0.15, 0.2) is 0 Å². The molecule has 0 saturated carbocycles. The van der Waals surface area contributed by atoms with Crippen molar-refractivity contribution in [3.05, 3.63) is 0 Å². The lowest BCUT2D eigenvalue weighted by Crippen LogP contribution is -2.16. The summed E-state index contributed by atoms with van der Waals surface area (Å²) >= 11 is 4.85. The Morgan fingerprint density at radius 2 is 1.78 bits per heavy atom. The quantitative estimate of drug-likeness (QED) is 0.435. The Morgan fingerprint density at radius 1 is 1.33 bits per heavy atom. The Balaban J connectivity index is 3.47. The number of halogens is 5. The van der Waals surface area contributed by atoms with Crippen LogP contribution in [0.2, 0.25) is 0 Å². The summed E-state index contributed by atoms with van der Waals surface area (Å²) in [5.74, 6) is 0. The van der Waals surface area contributed by atoms with Crippen molar-refractivity contribution in [1.29, 1.82) is 0 Å². The molecular weight excluding hydrogens is 159 g/mol. The normalized spacial score (nSPS) is 15.7. The molecule has 0 aromatic heterocycles. The zero-order chi connectivity index (χ0) is 7.49. The van der Waals surface area contributed by atoms with E-state index in [1.807, 2.05) is 0 Å². The van der Waals surface area contributed by atoms with E-state index in [0.717, 1.165) is 0 Å². The average molecular weight is 165 g/mol. The SMILES string of the molecule is FCC(Cl)CC(F)(F)F. The predicted octanol–water partition coefficient (Wildman–Crippen LogP) is 2.52. The Bertz CT molecular complexity index is 79.1. The van der Waals surface area contributed by atoms with Gasteiger partial charge in [-0.15, -0.1) is 11.6 Å². The predicted molar refractivity (Wildman–Crippen MR) is 26.3 cm³/mol. The molecule has 0 saturated heterocycles. The number of alkyl halides is 5. The summed E-state index contributed by atoms with van der Waals surface area (Å²) in [4.78, 5) is 0. The minimum absolute atomic E-state index is 1.14. The van der Waals surface area contributed by atoms with E-state index in [1.165, 1.54) is 0 Å². The summed E-state index contributed by atoms with van der Waals surface area (Å²) in [5.41, 5.74) is 0. The fourth-order valence-corrected chi connectivity index (χ4v) is 0.481. The van der Waals surface area contributed by atoms with Crippen LogP contribution in [0.3, 0.4) is 0 Å². The van der Waals surface area contributed by atoms with Crippen LogP contribution in [0.4, 0.5) is 17.6 Å². The van der Waals surface area contributed by atoms with E-state index in [0.29, 0.717) is 0 Å². The van der Waals surface area contributed by atoms with Crippen molar-refractivity contribution in [2.24, 2.45) is 0 Å². The maximum Gasteiger partial charge on any atom is 0.390 e. The molecule has 1 unspecified atom stereocenters. The van der Waals surface area contributed by atoms with Crippen LogP contribution in [0.25, 0.3) is 0 Å². The summed E-state index contributed by atoms with van der Waals surface area (Å²) in [6.07, 6.45) is -5.61. The van der Waals surface area contributed by atoms with Gasteiger partial charge in [0.15, 0.2) is 0 Å². The van der Waals surface area contributed by atoms with Crippen molar-refractivity contribution >= 4 is 11.6 Å². The first kappa shape index (κ1) is 9.01.